The van der Waals surface area contributed by atoms with E-state index in [1.807, 2.05) is 25.1 Å². The van der Waals surface area contributed by atoms with Gasteiger partial charge in [0, 0.05) is 31.9 Å². The summed E-state index contributed by atoms with van der Waals surface area (Å²) in [4.78, 5) is 6.64. The number of aromatic nitrogens is 1. The molecule has 1 rings (SSSR count). The molecule has 0 amide bonds. The second kappa shape index (κ2) is 5.71. The Labute approximate surface area is 92.5 Å². The smallest absolute Gasteiger partial charge is 0.128 e. The highest BCUT2D eigenvalue weighted by Crippen LogP contribution is 2.08. The lowest BCUT2D eigenvalue weighted by Gasteiger charge is -2.19. The predicted molar refractivity (Wildman–Crippen MR) is 65.4 cm³/mol. The summed E-state index contributed by atoms with van der Waals surface area (Å²) in [6, 6.07) is 6.65. The van der Waals surface area contributed by atoms with Gasteiger partial charge in [-0.25, -0.2) is 4.98 Å². The fraction of sp³-hybridized carbons (Fsp3) is 0.583. The minimum atomic E-state index is 0.545. The van der Waals surface area contributed by atoms with Crippen LogP contribution < -0.4 is 10.2 Å². The lowest BCUT2D eigenvalue weighted by Crippen LogP contribution is -2.33. The molecule has 0 fully saturated rings. The van der Waals surface area contributed by atoms with Gasteiger partial charge in [0.1, 0.15) is 5.82 Å². The number of hydrogen-bond donors (Lipinski definition) is 1. The summed E-state index contributed by atoms with van der Waals surface area (Å²) in [7, 11) is 2.07. The maximum atomic E-state index is 4.47. The minimum Gasteiger partial charge on any atom is -0.358 e. The highest BCUT2D eigenvalue weighted by molar-refractivity contribution is 5.37. The molecule has 1 aromatic heterocycles. The number of nitrogens with zero attached hydrogens (tertiary/aromatic N) is 2. The van der Waals surface area contributed by atoms with Crippen LogP contribution in [0.25, 0.3) is 0 Å². The Bertz CT molecular complexity index is 297. The molecule has 0 spiro atoms. The Morgan fingerprint density at radius 2 is 2.13 bits per heavy atom. The van der Waals surface area contributed by atoms with Gasteiger partial charge in [-0.15, -0.1) is 0 Å². The van der Waals surface area contributed by atoms with Crippen molar-refractivity contribution >= 4 is 5.82 Å². The lowest BCUT2D eigenvalue weighted by atomic mass is 10.3. The van der Waals surface area contributed by atoms with E-state index in [0.29, 0.717) is 6.04 Å². The molecular formula is C12H21N3. The molecule has 1 N–H and O–H groups in total. The standard InChI is InChI=1S/C12H21N3/c1-10(2)13-8-9-15(4)12-7-5-6-11(3)14-12/h5-7,10,13H,8-9H2,1-4H3. The summed E-state index contributed by atoms with van der Waals surface area (Å²) in [5.41, 5.74) is 1.07. The van der Waals surface area contributed by atoms with Crippen LogP contribution in [0.5, 0.6) is 0 Å². The average Bonchev–Trinajstić information content (AvgIpc) is 2.17. The molecule has 0 aliphatic carbocycles. The summed E-state index contributed by atoms with van der Waals surface area (Å²) in [5, 5.41) is 3.39. The van der Waals surface area contributed by atoms with Gasteiger partial charge in [0.25, 0.3) is 0 Å². The van der Waals surface area contributed by atoms with E-state index in [-0.39, 0.29) is 0 Å². The normalized spacial score (nSPS) is 10.7. The van der Waals surface area contributed by atoms with Crippen molar-refractivity contribution in [2.45, 2.75) is 26.8 Å². The molecule has 0 aliphatic rings. The number of likely N-dealkylation sites (N-methyl/N-ethyl adjacent to an activating group) is 1. The van der Waals surface area contributed by atoms with Crippen LogP contribution in [0.4, 0.5) is 5.82 Å². The Hall–Kier alpha value is -1.09. The first-order valence-electron chi connectivity index (χ1n) is 5.48. The van der Waals surface area contributed by atoms with Gasteiger partial charge in [0.15, 0.2) is 0 Å². The minimum absolute atomic E-state index is 0.545. The molecule has 0 bridgehead atoms. The van der Waals surface area contributed by atoms with Gasteiger partial charge in [-0.3, -0.25) is 0 Å². The molecule has 0 aromatic carbocycles. The Morgan fingerprint density at radius 1 is 1.40 bits per heavy atom. The first-order chi connectivity index (χ1) is 7.09. The third-order valence-electron chi connectivity index (χ3n) is 2.26. The molecule has 3 heteroatoms. The van der Waals surface area contributed by atoms with Crippen LogP contribution in [-0.2, 0) is 0 Å². The van der Waals surface area contributed by atoms with Gasteiger partial charge < -0.3 is 10.2 Å². The van der Waals surface area contributed by atoms with Crippen LogP contribution in [0.15, 0.2) is 18.2 Å². The number of nitrogens with one attached hydrogen (secondary N) is 1. The van der Waals surface area contributed by atoms with Crippen LogP contribution in [0, 0.1) is 6.92 Å². The van der Waals surface area contributed by atoms with Crippen LogP contribution in [0.3, 0.4) is 0 Å². The van der Waals surface area contributed by atoms with Crippen molar-refractivity contribution in [2.75, 3.05) is 25.0 Å². The van der Waals surface area contributed by atoms with Crippen LogP contribution in [0.1, 0.15) is 19.5 Å². The number of pyridine rings is 1. The highest BCUT2D eigenvalue weighted by atomic mass is 15.2. The van der Waals surface area contributed by atoms with Gasteiger partial charge >= 0.3 is 0 Å². The van der Waals surface area contributed by atoms with Crippen molar-refractivity contribution < 1.29 is 0 Å². The molecule has 0 aliphatic heterocycles. The molecular weight excluding hydrogens is 186 g/mol. The first kappa shape index (κ1) is 12.0. The average molecular weight is 207 g/mol. The van der Waals surface area contributed by atoms with Crippen molar-refractivity contribution in [1.29, 1.82) is 0 Å². The molecule has 1 aromatic rings. The summed E-state index contributed by atoms with van der Waals surface area (Å²) < 4.78 is 0. The molecule has 15 heavy (non-hydrogen) atoms. The molecule has 0 saturated heterocycles. The van der Waals surface area contributed by atoms with E-state index in [1.165, 1.54) is 0 Å². The zero-order chi connectivity index (χ0) is 11.3. The van der Waals surface area contributed by atoms with Crippen molar-refractivity contribution in [1.82, 2.24) is 10.3 Å². The molecule has 3 nitrogen and oxygen atoms in total. The summed E-state index contributed by atoms with van der Waals surface area (Å²) >= 11 is 0. The second-order valence-corrected chi connectivity index (χ2v) is 4.17. The Morgan fingerprint density at radius 3 is 2.73 bits per heavy atom. The summed E-state index contributed by atoms with van der Waals surface area (Å²) in [6.45, 7) is 8.30. The molecule has 0 radical (unpaired) electrons. The molecule has 1 heterocycles. The van der Waals surface area contributed by atoms with E-state index in [4.69, 9.17) is 0 Å². The van der Waals surface area contributed by atoms with Gasteiger partial charge in [0.2, 0.25) is 0 Å². The SMILES string of the molecule is Cc1cccc(N(C)CCNC(C)C)n1. The van der Waals surface area contributed by atoms with Gasteiger partial charge in [-0.2, -0.15) is 0 Å². The highest BCUT2D eigenvalue weighted by Gasteiger charge is 2.01. The third-order valence-corrected chi connectivity index (χ3v) is 2.26. The summed E-state index contributed by atoms with van der Waals surface area (Å²) in [5.74, 6) is 1.04. The molecule has 84 valence electrons. The van der Waals surface area contributed by atoms with Crippen molar-refractivity contribution in [3.05, 3.63) is 23.9 Å². The van der Waals surface area contributed by atoms with Gasteiger partial charge in [0.05, 0.1) is 0 Å². The zero-order valence-electron chi connectivity index (χ0n) is 10.1. The zero-order valence-corrected chi connectivity index (χ0v) is 10.1. The monoisotopic (exact) mass is 207 g/mol. The Kier molecular flexibility index (Phi) is 4.56. The van der Waals surface area contributed by atoms with Crippen molar-refractivity contribution in [2.24, 2.45) is 0 Å². The van der Waals surface area contributed by atoms with Crippen molar-refractivity contribution in [3.63, 3.8) is 0 Å². The first-order valence-corrected chi connectivity index (χ1v) is 5.48. The van der Waals surface area contributed by atoms with Crippen molar-refractivity contribution in [3.8, 4) is 0 Å². The summed E-state index contributed by atoms with van der Waals surface area (Å²) in [6.07, 6.45) is 0. The maximum Gasteiger partial charge on any atom is 0.128 e. The topological polar surface area (TPSA) is 28.2 Å². The fourth-order valence-electron chi connectivity index (χ4n) is 1.38. The maximum absolute atomic E-state index is 4.47. The predicted octanol–water partition coefficient (Wildman–Crippen LogP) is 1.82. The number of rotatable bonds is 5. The third kappa shape index (κ3) is 4.30. The van der Waals surface area contributed by atoms with E-state index >= 15 is 0 Å². The molecule has 0 saturated carbocycles. The van der Waals surface area contributed by atoms with Gasteiger partial charge in [-0.05, 0) is 19.1 Å². The number of aryl methyl sites for hydroxylation is 1. The van der Waals surface area contributed by atoms with Crippen LogP contribution >= 0.6 is 0 Å². The fourth-order valence-corrected chi connectivity index (χ4v) is 1.38. The van der Waals surface area contributed by atoms with Crippen LogP contribution in [0.2, 0.25) is 0 Å². The van der Waals surface area contributed by atoms with E-state index in [1.54, 1.807) is 0 Å². The molecule has 0 unspecified atom stereocenters. The second-order valence-electron chi connectivity index (χ2n) is 4.17. The van der Waals surface area contributed by atoms with E-state index in [2.05, 4.69) is 36.1 Å². The molecule has 0 atom stereocenters. The Balaban J connectivity index is 2.43. The lowest BCUT2D eigenvalue weighted by molar-refractivity contribution is 0.588. The number of anilines is 1. The van der Waals surface area contributed by atoms with Gasteiger partial charge in [-0.1, -0.05) is 19.9 Å². The quantitative estimate of drug-likeness (QED) is 0.798. The largest absolute Gasteiger partial charge is 0.358 e. The van der Waals surface area contributed by atoms with E-state index in [0.717, 1.165) is 24.6 Å². The van der Waals surface area contributed by atoms with E-state index in [9.17, 15) is 0 Å². The number of hydrogen-bond acceptors (Lipinski definition) is 3. The van der Waals surface area contributed by atoms with E-state index < -0.39 is 0 Å². The van der Waals surface area contributed by atoms with Crippen LogP contribution in [-0.4, -0.2) is 31.2 Å².